The largest absolute Gasteiger partial charge is 0.355 e. The molecule has 0 aromatic carbocycles. The Labute approximate surface area is 113 Å². The third-order valence-corrected chi connectivity index (χ3v) is 3.76. The van der Waals surface area contributed by atoms with E-state index in [4.69, 9.17) is 17.4 Å². The molecule has 2 rings (SSSR count). The molecule has 0 bridgehead atoms. The normalized spacial score (nSPS) is 19.4. The van der Waals surface area contributed by atoms with Crippen LogP contribution in [-0.2, 0) is 0 Å². The number of hydrazine groups is 1. The maximum Gasteiger partial charge on any atom is 0.239 e. The molecular formula is C12H20ClN5. The fraction of sp³-hybridized carbons (Fsp3) is 0.667. The number of nitrogens with zero attached hydrogens (tertiary/aromatic N) is 3. The predicted molar refractivity (Wildman–Crippen MR) is 74.7 cm³/mol. The minimum absolute atomic E-state index is 0.392. The Morgan fingerprint density at radius 1 is 1.39 bits per heavy atom. The second kappa shape index (κ2) is 5.28. The van der Waals surface area contributed by atoms with Gasteiger partial charge in [-0.3, -0.25) is 5.43 Å². The number of halogens is 1. The lowest BCUT2D eigenvalue weighted by atomic mass is 9.85. The van der Waals surface area contributed by atoms with Crippen LogP contribution in [0.15, 0.2) is 6.20 Å². The molecule has 18 heavy (non-hydrogen) atoms. The molecule has 0 radical (unpaired) electrons. The van der Waals surface area contributed by atoms with Crippen molar-refractivity contribution < 1.29 is 0 Å². The maximum absolute atomic E-state index is 6.18. The summed E-state index contributed by atoms with van der Waals surface area (Å²) in [6, 6.07) is 0. The van der Waals surface area contributed by atoms with Crippen molar-refractivity contribution in [3.05, 3.63) is 11.2 Å². The maximum atomic E-state index is 6.18. The van der Waals surface area contributed by atoms with Gasteiger partial charge in [0.2, 0.25) is 5.95 Å². The van der Waals surface area contributed by atoms with Gasteiger partial charge in [0.25, 0.3) is 0 Å². The molecule has 5 nitrogen and oxygen atoms in total. The molecule has 3 N–H and O–H groups in total. The van der Waals surface area contributed by atoms with E-state index in [0.717, 1.165) is 31.7 Å². The molecule has 1 aliphatic rings. The molecule has 0 amide bonds. The van der Waals surface area contributed by atoms with E-state index in [0.29, 0.717) is 16.4 Å². The van der Waals surface area contributed by atoms with Crippen molar-refractivity contribution in [2.75, 3.05) is 23.4 Å². The fourth-order valence-electron chi connectivity index (χ4n) is 2.28. The SMILES string of the molecule is CC1(C)CCCN(c2nc(NN)ncc2Cl)CC1. The molecule has 0 unspecified atom stereocenters. The second-order valence-corrected chi connectivity index (χ2v) is 5.92. The Morgan fingerprint density at radius 3 is 2.89 bits per heavy atom. The monoisotopic (exact) mass is 269 g/mol. The lowest BCUT2D eigenvalue weighted by Crippen LogP contribution is -2.27. The van der Waals surface area contributed by atoms with Gasteiger partial charge in [-0.2, -0.15) is 4.98 Å². The van der Waals surface area contributed by atoms with Gasteiger partial charge >= 0.3 is 0 Å². The molecule has 0 spiro atoms. The summed E-state index contributed by atoms with van der Waals surface area (Å²) in [5, 5.41) is 0.578. The molecule has 1 saturated heterocycles. The van der Waals surface area contributed by atoms with Crippen LogP contribution in [0.3, 0.4) is 0 Å². The van der Waals surface area contributed by atoms with Gasteiger partial charge in [0.1, 0.15) is 5.02 Å². The average Bonchev–Trinajstić information content (AvgIpc) is 2.51. The van der Waals surface area contributed by atoms with Crippen LogP contribution in [0.5, 0.6) is 0 Å². The van der Waals surface area contributed by atoms with Crippen molar-refractivity contribution in [1.29, 1.82) is 0 Å². The Morgan fingerprint density at radius 2 is 2.17 bits per heavy atom. The van der Waals surface area contributed by atoms with Crippen molar-refractivity contribution in [3.8, 4) is 0 Å². The van der Waals surface area contributed by atoms with Crippen molar-refractivity contribution >= 4 is 23.4 Å². The first-order chi connectivity index (χ1) is 8.52. The Kier molecular flexibility index (Phi) is 3.92. The zero-order valence-electron chi connectivity index (χ0n) is 10.9. The van der Waals surface area contributed by atoms with Gasteiger partial charge in [-0.25, -0.2) is 10.8 Å². The summed E-state index contributed by atoms with van der Waals surface area (Å²) >= 11 is 6.18. The number of anilines is 2. The van der Waals surface area contributed by atoms with Crippen molar-refractivity contribution in [2.24, 2.45) is 11.3 Å². The van der Waals surface area contributed by atoms with E-state index in [1.165, 1.54) is 6.42 Å². The highest BCUT2D eigenvalue weighted by atomic mass is 35.5. The summed E-state index contributed by atoms with van der Waals surface area (Å²) in [6.45, 7) is 6.56. The topological polar surface area (TPSA) is 67.1 Å². The van der Waals surface area contributed by atoms with E-state index in [2.05, 4.69) is 34.1 Å². The van der Waals surface area contributed by atoms with E-state index in [1.807, 2.05) is 0 Å². The number of nitrogens with two attached hydrogens (primary N) is 1. The summed E-state index contributed by atoms with van der Waals surface area (Å²) in [5.41, 5.74) is 2.85. The van der Waals surface area contributed by atoms with Crippen molar-refractivity contribution in [2.45, 2.75) is 33.1 Å². The molecular weight excluding hydrogens is 250 g/mol. The highest BCUT2D eigenvalue weighted by molar-refractivity contribution is 6.32. The Bertz CT molecular complexity index is 421. The summed E-state index contributed by atoms with van der Waals surface area (Å²) in [5.74, 6) is 6.51. The third-order valence-electron chi connectivity index (χ3n) is 3.49. The van der Waals surface area contributed by atoms with Crippen LogP contribution < -0.4 is 16.2 Å². The lowest BCUT2D eigenvalue weighted by molar-refractivity contribution is 0.325. The van der Waals surface area contributed by atoms with Crippen LogP contribution in [0.25, 0.3) is 0 Å². The van der Waals surface area contributed by atoms with E-state index in [-0.39, 0.29) is 0 Å². The molecule has 100 valence electrons. The highest BCUT2D eigenvalue weighted by Crippen LogP contribution is 2.33. The predicted octanol–water partition coefficient (Wildman–Crippen LogP) is 2.43. The second-order valence-electron chi connectivity index (χ2n) is 5.51. The van der Waals surface area contributed by atoms with Gasteiger partial charge in [-0.15, -0.1) is 0 Å². The molecule has 1 fully saturated rings. The number of hydrogen-bond donors (Lipinski definition) is 2. The van der Waals surface area contributed by atoms with Crippen LogP contribution in [-0.4, -0.2) is 23.1 Å². The third kappa shape index (κ3) is 3.03. The quantitative estimate of drug-likeness (QED) is 0.638. The summed E-state index contributed by atoms with van der Waals surface area (Å²) < 4.78 is 0. The number of nitrogens with one attached hydrogen (secondary N) is 1. The Balaban J connectivity index is 2.20. The van der Waals surface area contributed by atoms with Crippen LogP contribution in [0, 0.1) is 5.41 Å². The molecule has 1 aromatic rings. The average molecular weight is 270 g/mol. The molecule has 2 heterocycles. The highest BCUT2D eigenvalue weighted by Gasteiger charge is 2.24. The molecule has 1 aromatic heterocycles. The minimum Gasteiger partial charge on any atom is -0.355 e. The van der Waals surface area contributed by atoms with Crippen LogP contribution in [0.4, 0.5) is 11.8 Å². The summed E-state index contributed by atoms with van der Waals surface area (Å²) in [7, 11) is 0. The van der Waals surface area contributed by atoms with Gasteiger partial charge in [0.05, 0.1) is 6.20 Å². The number of aromatic nitrogens is 2. The molecule has 0 aliphatic carbocycles. The van der Waals surface area contributed by atoms with E-state index >= 15 is 0 Å². The van der Waals surface area contributed by atoms with Crippen molar-refractivity contribution in [1.82, 2.24) is 9.97 Å². The van der Waals surface area contributed by atoms with Crippen LogP contribution in [0.2, 0.25) is 5.02 Å². The van der Waals surface area contributed by atoms with E-state index < -0.39 is 0 Å². The molecule has 6 heteroatoms. The lowest BCUT2D eigenvalue weighted by Gasteiger charge is -2.24. The zero-order valence-corrected chi connectivity index (χ0v) is 11.7. The van der Waals surface area contributed by atoms with Gasteiger partial charge in [0, 0.05) is 13.1 Å². The number of hydrogen-bond acceptors (Lipinski definition) is 5. The van der Waals surface area contributed by atoms with E-state index in [9.17, 15) is 0 Å². The number of nitrogen functional groups attached to an aromatic ring is 1. The first-order valence-corrected chi connectivity index (χ1v) is 6.64. The fourth-order valence-corrected chi connectivity index (χ4v) is 2.49. The Hall–Kier alpha value is -1.07. The molecule has 0 atom stereocenters. The first kappa shape index (κ1) is 13.4. The first-order valence-electron chi connectivity index (χ1n) is 6.26. The van der Waals surface area contributed by atoms with Gasteiger partial charge in [-0.1, -0.05) is 25.4 Å². The summed E-state index contributed by atoms with van der Waals surface area (Å²) in [4.78, 5) is 10.6. The standard InChI is InChI=1S/C12H20ClN5/c1-12(2)4-3-6-18(7-5-12)10-9(13)8-15-11(16-10)17-14/h8H,3-7,14H2,1-2H3,(H,15,16,17). The van der Waals surface area contributed by atoms with Gasteiger partial charge < -0.3 is 4.90 Å². The van der Waals surface area contributed by atoms with Gasteiger partial charge in [0.15, 0.2) is 5.82 Å². The summed E-state index contributed by atoms with van der Waals surface area (Å²) in [6.07, 6.45) is 5.11. The van der Waals surface area contributed by atoms with E-state index in [1.54, 1.807) is 6.20 Å². The minimum atomic E-state index is 0.392. The zero-order chi connectivity index (χ0) is 13.2. The molecule has 1 aliphatic heterocycles. The van der Waals surface area contributed by atoms with Crippen LogP contribution in [0.1, 0.15) is 33.1 Å². The van der Waals surface area contributed by atoms with Crippen LogP contribution >= 0.6 is 11.6 Å². The van der Waals surface area contributed by atoms with Gasteiger partial charge in [-0.05, 0) is 24.7 Å². The smallest absolute Gasteiger partial charge is 0.239 e. The van der Waals surface area contributed by atoms with Crippen molar-refractivity contribution in [3.63, 3.8) is 0 Å². The molecule has 0 saturated carbocycles. The number of rotatable bonds is 2.